The summed E-state index contributed by atoms with van der Waals surface area (Å²) in [5.41, 5.74) is 1.69. The maximum Gasteiger partial charge on any atom is 0.246 e. The molecule has 29 heavy (non-hydrogen) atoms. The van der Waals surface area contributed by atoms with Crippen LogP contribution in [0.25, 0.3) is 16.3 Å². The van der Waals surface area contributed by atoms with E-state index in [4.69, 9.17) is 0 Å². The van der Waals surface area contributed by atoms with Crippen LogP contribution < -0.4 is 0 Å². The molecule has 1 saturated heterocycles. The Morgan fingerprint density at radius 3 is 2.41 bits per heavy atom. The molecule has 1 fully saturated rings. The Morgan fingerprint density at radius 2 is 1.69 bits per heavy atom. The van der Waals surface area contributed by atoms with E-state index in [1.165, 1.54) is 21.7 Å². The van der Waals surface area contributed by atoms with E-state index in [2.05, 4.69) is 4.98 Å². The first-order valence-corrected chi connectivity index (χ1v) is 11.8. The average molecular weight is 428 g/mol. The molecule has 1 aliphatic rings. The Morgan fingerprint density at radius 1 is 1.00 bits per heavy atom. The molecule has 1 amide bonds. The van der Waals surface area contributed by atoms with Crippen LogP contribution in [0.3, 0.4) is 0 Å². The first kappa shape index (κ1) is 19.8. The fourth-order valence-corrected chi connectivity index (χ4v) is 5.66. The molecular formula is C21H21N3O3S2. The van der Waals surface area contributed by atoms with E-state index < -0.39 is 10.0 Å². The highest BCUT2D eigenvalue weighted by Crippen LogP contribution is 2.22. The molecule has 0 unspecified atom stereocenters. The van der Waals surface area contributed by atoms with E-state index in [0.29, 0.717) is 26.2 Å². The quantitative estimate of drug-likeness (QED) is 0.587. The van der Waals surface area contributed by atoms with Crippen molar-refractivity contribution in [3.63, 3.8) is 0 Å². The van der Waals surface area contributed by atoms with E-state index in [-0.39, 0.29) is 11.7 Å². The molecule has 0 spiro atoms. The largest absolute Gasteiger partial charge is 0.337 e. The molecule has 0 aliphatic carbocycles. The highest BCUT2D eigenvalue weighted by molar-refractivity contribution is 7.88. The van der Waals surface area contributed by atoms with Crippen molar-refractivity contribution in [3.05, 3.63) is 71.2 Å². The van der Waals surface area contributed by atoms with Gasteiger partial charge in [-0.15, -0.1) is 11.3 Å². The van der Waals surface area contributed by atoms with Gasteiger partial charge in [-0.1, -0.05) is 42.5 Å². The number of rotatable bonds is 5. The molecule has 0 N–H and O–H groups in total. The fourth-order valence-electron chi connectivity index (χ4n) is 3.27. The number of aromatic nitrogens is 1. The van der Waals surface area contributed by atoms with E-state index in [0.717, 1.165) is 20.8 Å². The summed E-state index contributed by atoms with van der Waals surface area (Å²) in [6.07, 6.45) is 3.25. The van der Waals surface area contributed by atoms with Gasteiger partial charge in [0, 0.05) is 32.3 Å². The molecule has 4 rings (SSSR count). The number of nitrogens with zero attached hydrogens (tertiary/aromatic N) is 3. The minimum atomic E-state index is -3.39. The molecule has 0 radical (unpaired) electrons. The molecular weight excluding hydrogens is 406 g/mol. The third kappa shape index (κ3) is 4.72. The van der Waals surface area contributed by atoms with Crippen LogP contribution in [0.15, 0.2) is 60.7 Å². The lowest BCUT2D eigenvalue weighted by atomic mass is 10.2. The van der Waals surface area contributed by atoms with Gasteiger partial charge in [-0.2, -0.15) is 4.31 Å². The van der Waals surface area contributed by atoms with Crippen LogP contribution in [-0.4, -0.2) is 54.7 Å². The summed E-state index contributed by atoms with van der Waals surface area (Å²) in [6, 6.07) is 17.0. The molecule has 8 heteroatoms. The van der Waals surface area contributed by atoms with Crippen molar-refractivity contribution in [2.75, 3.05) is 26.2 Å². The predicted octanol–water partition coefficient (Wildman–Crippen LogP) is 2.98. The van der Waals surface area contributed by atoms with E-state index in [9.17, 15) is 13.2 Å². The van der Waals surface area contributed by atoms with Gasteiger partial charge in [-0.25, -0.2) is 13.4 Å². The fraction of sp³-hybridized carbons (Fsp3) is 0.238. The number of carbonyl (C=O) groups excluding carboxylic acids is 1. The van der Waals surface area contributed by atoms with Crippen LogP contribution in [0.4, 0.5) is 0 Å². The maximum absolute atomic E-state index is 12.6. The lowest BCUT2D eigenvalue weighted by molar-refractivity contribution is -0.127. The second-order valence-corrected chi connectivity index (χ2v) is 9.85. The summed E-state index contributed by atoms with van der Waals surface area (Å²) in [5.74, 6) is -0.136. The van der Waals surface area contributed by atoms with Crippen LogP contribution in [0.2, 0.25) is 0 Å². The summed E-state index contributed by atoms with van der Waals surface area (Å²) in [5, 5.41) is 0.781. The highest BCUT2D eigenvalue weighted by atomic mass is 32.2. The average Bonchev–Trinajstić information content (AvgIpc) is 3.15. The highest BCUT2D eigenvalue weighted by Gasteiger charge is 2.28. The van der Waals surface area contributed by atoms with Crippen molar-refractivity contribution in [1.82, 2.24) is 14.2 Å². The van der Waals surface area contributed by atoms with Crippen molar-refractivity contribution in [2.24, 2.45) is 0 Å². The van der Waals surface area contributed by atoms with Crippen LogP contribution >= 0.6 is 11.3 Å². The molecule has 2 heterocycles. The monoisotopic (exact) mass is 427 g/mol. The molecule has 0 saturated carbocycles. The Hall–Kier alpha value is -2.55. The van der Waals surface area contributed by atoms with Crippen molar-refractivity contribution in [1.29, 1.82) is 0 Å². The minimum absolute atomic E-state index is 0.0146. The molecule has 1 aromatic heterocycles. The minimum Gasteiger partial charge on any atom is -0.337 e. The first-order chi connectivity index (χ1) is 14.0. The topological polar surface area (TPSA) is 70.6 Å². The van der Waals surface area contributed by atoms with Gasteiger partial charge >= 0.3 is 0 Å². The van der Waals surface area contributed by atoms with E-state index in [1.807, 2.05) is 54.6 Å². The number of piperazine rings is 1. The van der Waals surface area contributed by atoms with E-state index in [1.54, 1.807) is 11.0 Å². The molecule has 0 bridgehead atoms. The van der Waals surface area contributed by atoms with Crippen LogP contribution in [0.1, 0.15) is 10.6 Å². The lowest BCUT2D eigenvalue weighted by Gasteiger charge is -2.33. The van der Waals surface area contributed by atoms with Crippen molar-refractivity contribution < 1.29 is 13.2 Å². The number of para-hydroxylation sites is 1. The summed E-state index contributed by atoms with van der Waals surface area (Å²) in [7, 11) is -3.39. The Kier molecular flexibility index (Phi) is 5.75. The maximum atomic E-state index is 12.6. The van der Waals surface area contributed by atoms with Gasteiger partial charge in [0.15, 0.2) is 0 Å². The third-order valence-corrected chi connectivity index (χ3v) is 7.67. The molecule has 0 atom stereocenters. The molecule has 3 aromatic rings. The van der Waals surface area contributed by atoms with Crippen LogP contribution in [0.5, 0.6) is 0 Å². The predicted molar refractivity (Wildman–Crippen MR) is 116 cm³/mol. The van der Waals surface area contributed by atoms with Crippen LogP contribution in [-0.2, 0) is 20.6 Å². The van der Waals surface area contributed by atoms with Gasteiger partial charge < -0.3 is 4.90 Å². The van der Waals surface area contributed by atoms with Crippen molar-refractivity contribution >= 4 is 43.6 Å². The number of hydrogen-bond acceptors (Lipinski definition) is 5. The van der Waals surface area contributed by atoms with Gasteiger partial charge in [0.05, 0.1) is 16.0 Å². The molecule has 1 aliphatic heterocycles. The summed E-state index contributed by atoms with van der Waals surface area (Å²) in [4.78, 5) is 18.6. The number of benzene rings is 2. The summed E-state index contributed by atoms with van der Waals surface area (Å²) in [6.45, 7) is 1.40. The first-order valence-electron chi connectivity index (χ1n) is 9.35. The molecule has 6 nitrogen and oxygen atoms in total. The lowest BCUT2D eigenvalue weighted by Crippen LogP contribution is -2.50. The Bertz CT molecular complexity index is 1100. The van der Waals surface area contributed by atoms with Gasteiger partial charge in [-0.05, 0) is 23.8 Å². The van der Waals surface area contributed by atoms with E-state index >= 15 is 0 Å². The van der Waals surface area contributed by atoms with Gasteiger partial charge in [0.1, 0.15) is 5.01 Å². The Labute approximate surface area is 174 Å². The number of carbonyl (C=O) groups is 1. The van der Waals surface area contributed by atoms with Gasteiger partial charge in [0.2, 0.25) is 15.9 Å². The number of amides is 1. The zero-order valence-corrected chi connectivity index (χ0v) is 17.4. The van der Waals surface area contributed by atoms with Crippen LogP contribution in [0, 0.1) is 0 Å². The third-order valence-electron chi connectivity index (χ3n) is 4.81. The number of fused-ring (bicyclic) bond motifs is 1. The molecule has 150 valence electrons. The number of hydrogen-bond donors (Lipinski definition) is 0. The second kappa shape index (κ2) is 8.44. The standard InChI is InChI=1S/C21H21N3O3S2/c25-21(11-10-20-22-18-8-4-5-9-19(18)28-20)23-12-14-24(15-13-23)29(26,27)16-17-6-2-1-3-7-17/h1-11H,12-16H2. The molecule has 2 aromatic carbocycles. The van der Waals surface area contributed by atoms with Gasteiger partial charge in [0.25, 0.3) is 0 Å². The SMILES string of the molecule is O=C(C=Cc1nc2ccccc2s1)N1CCN(S(=O)(=O)Cc2ccccc2)CC1. The summed E-state index contributed by atoms with van der Waals surface area (Å²) >= 11 is 1.53. The normalized spacial score (nSPS) is 15.9. The smallest absolute Gasteiger partial charge is 0.246 e. The van der Waals surface area contributed by atoms with Crippen molar-refractivity contribution in [2.45, 2.75) is 5.75 Å². The zero-order chi connectivity index (χ0) is 20.3. The Balaban J connectivity index is 1.34. The van der Waals surface area contributed by atoms with Crippen molar-refractivity contribution in [3.8, 4) is 0 Å². The summed E-state index contributed by atoms with van der Waals surface area (Å²) < 4.78 is 27.8. The number of thiazole rings is 1. The number of sulfonamides is 1. The zero-order valence-electron chi connectivity index (χ0n) is 15.8. The van der Waals surface area contributed by atoms with Gasteiger partial charge in [-0.3, -0.25) is 4.79 Å². The second-order valence-electron chi connectivity index (χ2n) is 6.82.